The molecule has 0 bridgehead atoms. The van der Waals surface area contributed by atoms with Gasteiger partial charge in [0.2, 0.25) is 5.91 Å². The summed E-state index contributed by atoms with van der Waals surface area (Å²) in [5.41, 5.74) is 0. The van der Waals surface area contributed by atoms with Gasteiger partial charge in [0.05, 0.1) is 19.4 Å². The van der Waals surface area contributed by atoms with E-state index < -0.39 is 17.9 Å². The van der Waals surface area contributed by atoms with Crippen LogP contribution in [0.4, 0.5) is 10.6 Å². The summed E-state index contributed by atoms with van der Waals surface area (Å²) in [4.78, 5) is 37.5. The number of morpholine rings is 1. The van der Waals surface area contributed by atoms with Crippen molar-refractivity contribution in [1.29, 1.82) is 0 Å². The van der Waals surface area contributed by atoms with Gasteiger partial charge in [0.1, 0.15) is 6.54 Å². The Morgan fingerprint density at radius 2 is 2.22 bits per heavy atom. The van der Waals surface area contributed by atoms with Crippen LogP contribution >= 0.6 is 0 Å². The molecule has 1 atom stereocenters. The van der Waals surface area contributed by atoms with Crippen LogP contribution in [0, 0.1) is 0 Å². The first-order valence-electron chi connectivity index (χ1n) is 6.87. The Morgan fingerprint density at radius 1 is 1.48 bits per heavy atom. The summed E-state index contributed by atoms with van der Waals surface area (Å²) in [6.07, 6.45) is 1.40. The SMILES string of the molecule is CN(C)C(=O)Nc1cn(CC(=O)N2CCOCC2C(=O)O)nn1. The van der Waals surface area contributed by atoms with E-state index in [1.165, 1.54) is 20.7 Å². The number of urea groups is 1. The quantitative estimate of drug-likeness (QED) is 0.702. The fourth-order valence-electron chi connectivity index (χ4n) is 1.99. The standard InChI is InChI=1S/C12H18N6O5/c1-16(2)12(22)13-9-5-17(15-14-9)6-10(19)18-3-4-23-7-8(18)11(20)21/h5,8H,3-4,6-7H2,1-2H3,(H,13,22)(H,20,21). The van der Waals surface area contributed by atoms with E-state index >= 15 is 0 Å². The molecule has 23 heavy (non-hydrogen) atoms. The van der Waals surface area contributed by atoms with Crippen LogP contribution in [0.3, 0.4) is 0 Å². The van der Waals surface area contributed by atoms with Crippen LogP contribution in [-0.2, 0) is 20.9 Å². The minimum absolute atomic E-state index is 0.0391. The van der Waals surface area contributed by atoms with Gasteiger partial charge in [-0.3, -0.25) is 10.1 Å². The number of aliphatic carboxylic acids is 1. The second kappa shape index (κ2) is 7.05. The molecule has 1 unspecified atom stereocenters. The number of carboxylic acids is 1. The monoisotopic (exact) mass is 326 g/mol. The van der Waals surface area contributed by atoms with Gasteiger partial charge in [-0.25, -0.2) is 14.3 Å². The van der Waals surface area contributed by atoms with E-state index in [1.807, 2.05) is 0 Å². The Morgan fingerprint density at radius 3 is 2.87 bits per heavy atom. The van der Waals surface area contributed by atoms with Crippen molar-refractivity contribution in [1.82, 2.24) is 24.8 Å². The molecule has 0 aromatic carbocycles. The van der Waals surface area contributed by atoms with Crippen LogP contribution in [0.1, 0.15) is 0 Å². The van der Waals surface area contributed by atoms with Gasteiger partial charge in [0, 0.05) is 20.6 Å². The van der Waals surface area contributed by atoms with Crippen molar-refractivity contribution in [3.8, 4) is 0 Å². The van der Waals surface area contributed by atoms with E-state index in [9.17, 15) is 14.4 Å². The van der Waals surface area contributed by atoms with E-state index in [0.29, 0.717) is 0 Å². The summed E-state index contributed by atoms with van der Waals surface area (Å²) >= 11 is 0. The van der Waals surface area contributed by atoms with Crippen molar-refractivity contribution in [3.05, 3.63) is 6.20 Å². The number of nitrogens with one attached hydrogen (secondary N) is 1. The molecule has 11 heteroatoms. The van der Waals surface area contributed by atoms with Gasteiger partial charge >= 0.3 is 12.0 Å². The Balaban J connectivity index is 1.98. The molecular formula is C12H18N6O5. The summed E-state index contributed by atoms with van der Waals surface area (Å²) in [7, 11) is 3.15. The highest BCUT2D eigenvalue weighted by Crippen LogP contribution is 2.09. The van der Waals surface area contributed by atoms with Crippen molar-refractivity contribution in [3.63, 3.8) is 0 Å². The number of rotatable bonds is 4. The summed E-state index contributed by atoms with van der Waals surface area (Å²) in [6, 6.07) is -1.38. The number of hydrogen-bond donors (Lipinski definition) is 2. The Hall–Kier alpha value is -2.69. The van der Waals surface area contributed by atoms with E-state index in [0.717, 1.165) is 0 Å². The highest BCUT2D eigenvalue weighted by Gasteiger charge is 2.32. The first-order chi connectivity index (χ1) is 10.9. The zero-order chi connectivity index (χ0) is 17.0. The number of aromatic nitrogens is 3. The Kier molecular flexibility index (Phi) is 5.11. The number of amides is 3. The first-order valence-corrected chi connectivity index (χ1v) is 6.87. The maximum absolute atomic E-state index is 12.2. The third-order valence-corrected chi connectivity index (χ3v) is 3.21. The zero-order valence-electron chi connectivity index (χ0n) is 12.8. The fourth-order valence-corrected chi connectivity index (χ4v) is 1.99. The number of carbonyl (C=O) groups is 3. The second-order valence-electron chi connectivity index (χ2n) is 5.14. The summed E-state index contributed by atoms with van der Waals surface area (Å²) in [5.74, 6) is -1.32. The topological polar surface area (TPSA) is 130 Å². The lowest BCUT2D eigenvalue weighted by molar-refractivity contribution is -0.158. The summed E-state index contributed by atoms with van der Waals surface area (Å²) in [6.45, 7) is 0.281. The smallest absolute Gasteiger partial charge is 0.328 e. The summed E-state index contributed by atoms with van der Waals surface area (Å²) < 4.78 is 6.32. The first kappa shape index (κ1) is 16.7. The molecule has 126 valence electrons. The van der Waals surface area contributed by atoms with E-state index in [2.05, 4.69) is 15.6 Å². The van der Waals surface area contributed by atoms with E-state index in [-0.39, 0.29) is 38.2 Å². The van der Waals surface area contributed by atoms with Gasteiger partial charge < -0.3 is 19.6 Å². The Labute approximate surface area is 131 Å². The normalized spacial score (nSPS) is 17.7. The van der Waals surface area contributed by atoms with Crippen LogP contribution in [0.25, 0.3) is 0 Å². The number of carboxylic acid groups (broad SMARTS) is 1. The van der Waals surface area contributed by atoms with Gasteiger partial charge in [-0.2, -0.15) is 0 Å². The van der Waals surface area contributed by atoms with Gasteiger partial charge in [-0.15, -0.1) is 5.10 Å². The predicted molar refractivity (Wildman–Crippen MR) is 76.7 cm³/mol. The van der Waals surface area contributed by atoms with Crippen molar-refractivity contribution < 1.29 is 24.2 Å². The maximum Gasteiger partial charge on any atom is 0.328 e. The fraction of sp³-hybridized carbons (Fsp3) is 0.583. The van der Waals surface area contributed by atoms with Gasteiger partial charge in [0.15, 0.2) is 11.9 Å². The molecule has 0 spiro atoms. The lowest BCUT2D eigenvalue weighted by Crippen LogP contribution is -2.53. The van der Waals surface area contributed by atoms with Crippen molar-refractivity contribution in [2.75, 3.05) is 39.2 Å². The zero-order valence-corrected chi connectivity index (χ0v) is 12.8. The van der Waals surface area contributed by atoms with Crippen molar-refractivity contribution in [2.45, 2.75) is 12.6 Å². The third kappa shape index (κ3) is 4.16. The molecule has 1 aliphatic heterocycles. The number of anilines is 1. The predicted octanol–water partition coefficient (Wildman–Crippen LogP) is -1.32. The molecule has 1 saturated heterocycles. The second-order valence-corrected chi connectivity index (χ2v) is 5.14. The molecule has 2 rings (SSSR count). The minimum atomic E-state index is -1.12. The van der Waals surface area contributed by atoms with Gasteiger partial charge in [0.25, 0.3) is 0 Å². The lowest BCUT2D eigenvalue weighted by Gasteiger charge is -2.32. The van der Waals surface area contributed by atoms with E-state index in [1.54, 1.807) is 14.1 Å². The lowest BCUT2D eigenvalue weighted by atomic mass is 10.2. The van der Waals surface area contributed by atoms with Crippen LogP contribution in [0.15, 0.2) is 6.20 Å². The number of hydrogen-bond acceptors (Lipinski definition) is 6. The average Bonchev–Trinajstić information content (AvgIpc) is 2.94. The molecule has 1 aliphatic rings. The molecule has 11 nitrogen and oxygen atoms in total. The molecule has 0 saturated carbocycles. The third-order valence-electron chi connectivity index (χ3n) is 3.21. The molecular weight excluding hydrogens is 308 g/mol. The van der Waals surface area contributed by atoms with Crippen LogP contribution in [0.5, 0.6) is 0 Å². The molecule has 1 aromatic rings. The van der Waals surface area contributed by atoms with Crippen molar-refractivity contribution in [2.24, 2.45) is 0 Å². The van der Waals surface area contributed by atoms with Crippen LogP contribution < -0.4 is 5.32 Å². The molecule has 2 N–H and O–H groups in total. The van der Waals surface area contributed by atoms with Crippen molar-refractivity contribution >= 4 is 23.7 Å². The minimum Gasteiger partial charge on any atom is -0.480 e. The highest BCUT2D eigenvalue weighted by atomic mass is 16.5. The summed E-state index contributed by atoms with van der Waals surface area (Å²) in [5, 5.41) is 19.1. The molecule has 3 amide bonds. The van der Waals surface area contributed by atoms with Crippen LogP contribution in [-0.4, -0.2) is 87.7 Å². The molecule has 0 aliphatic carbocycles. The molecule has 0 radical (unpaired) electrons. The van der Waals surface area contributed by atoms with Gasteiger partial charge in [-0.05, 0) is 0 Å². The number of carbonyl (C=O) groups excluding carboxylic acids is 2. The maximum atomic E-state index is 12.2. The highest BCUT2D eigenvalue weighted by molar-refractivity contribution is 5.87. The molecule has 1 fully saturated rings. The number of ether oxygens (including phenoxy) is 1. The van der Waals surface area contributed by atoms with Gasteiger partial charge in [-0.1, -0.05) is 5.21 Å². The number of nitrogens with zero attached hydrogens (tertiary/aromatic N) is 5. The average molecular weight is 326 g/mol. The molecule has 2 heterocycles. The Bertz CT molecular complexity index is 601. The van der Waals surface area contributed by atoms with Crippen LogP contribution in [0.2, 0.25) is 0 Å². The van der Waals surface area contributed by atoms with E-state index in [4.69, 9.17) is 9.84 Å². The molecule has 1 aromatic heterocycles. The largest absolute Gasteiger partial charge is 0.480 e.